The van der Waals surface area contributed by atoms with Crippen LogP contribution in [0.5, 0.6) is 0 Å². The molecule has 142 valence electrons. The Hall–Kier alpha value is -1.08. The van der Waals surface area contributed by atoms with E-state index in [1.54, 1.807) is 6.07 Å². The van der Waals surface area contributed by atoms with Gasteiger partial charge in [0.15, 0.2) is 0 Å². The van der Waals surface area contributed by atoms with Gasteiger partial charge >= 0.3 is 0 Å². The molecule has 0 aliphatic carbocycles. The van der Waals surface area contributed by atoms with Gasteiger partial charge in [0.1, 0.15) is 4.90 Å². The first-order valence-corrected chi connectivity index (χ1v) is 10.9. The van der Waals surface area contributed by atoms with E-state index in [9.17, 15) is 13.2 Å². The van der Waals surface area contributed by atoms with Crippen molar-refractivity contribution >= 4 is 39.1 Å². The Morgan fingerprint density at radius 3 is 2.12 bits per heavy atom. The first-order chi connectivity index (χ1) is 12.3. The summed E-state index contributed by atoms with van der Waals surface area (Å²) in [7, 11) is -3.77. The maximum absolute atomic E-state index is 12.9. The van der Waals surface area contributed by atoms with Gasteiger partial charge in [0.2, 0.25) is 15.9 Å². The third-order valence-electron chi connectivity index (χ3n) is 5.10. The van der Waals surface area contributed by atoms with Gasteiger partial charge in [-0.05, 0) is 37.8 Å². The zero-order valence-corrected chi connectivity index (χ0v) is 16.8. The fraction of sp³-hybridized carbons (Fsp3) is 0.500. The van der Waals surface area contributed by atoms with Crippen LogP contribution in [0.25, 0.3) is 0 Å². The smallest absolute Gasteiger partial charge is 0.246 e. The summed E-state index contributed by atoms with van der Waals surface area (Å²) >= 11 is 12.1. The zero-order valence-electron chi connectivity index (χ0n) is 14.5. The Labute approximate surface area is 164 Å². The van der Waals surface area contributed by atoms with E-state index in [-0.39, 0.29) is 26.8 Å². The second-order valence-corrected chi connectivity index (χ2v) is 9.49. The van der Waals surface area contributed by atoms with Crippen molar-refractivity contribution in [3.8, 4) is 0 Å². The van der Waals surface area contributed by atoms with Gasteiger partial charge in [-0.15, -0.1) is 0 Å². The molecule has 1 amide bonds. The fourth-order valence-electron chi connectivity index (χ4n) is 3.50. The highest BCUT2D eigenvalue weighted by Gasteiger charge is 2.35. The van der Waals surface area contributed by atoms with E-state index in [0.29, 0.717) is 39.0 Å². The van der Waals surface area contributed by atoms with Crippen molar-refractivity contribution < 1.29 is 13.2 Å². The van der Waals surface area contributed by atoms with Gasteiger partial charge in [-0.1, -0.05) is 41.4 Å². The highest BCUT2D eigenvalue weighted by molar-refractivity contribution is 7.89. The van der Waals surface area contributed by atoms with Crippen LogP contribution >= 0.6 is 23.2 Å². The molecule has 3 rings (SSSR count). The quantitative estimate of drug-likeness (QED) is 0.707. The molecule has 2 saturated heterocycles. The average Bonchev–Trinajstić information content (AvgIpc) is 2.61. The van der Waals surface area contributed by atoms with Gasteiger partial charge in [0.05, 0.1) is 10.0 Å². The summed E-state index contributed by atoms with van der Waals surface area (Å²) in [4.78, 5) is 14.5. The molecule has 8 heteroatoms. The molecule has 2 heterocycles. The van der Waals surface area contributed by atoms with Gasteiger partial charge in [0.25, 0.3) is 0 Å². The Bertz CT molecular complexity index is 787. The number of halogens is 2. The highest BCUT2D eigenvalue weighted by atomic mass is 35.5. The van der Waals surface area contributed by atoms with Gasteiger partial charge in [-0.2, -0.15) is 4.31 Å². The van der Waals surface area contributed by atoms with Crippen LogP contribution in [0.1, 0.15) is 25.7 Å². The predicted octanol–water partition coefficient (Wildman–Crippen LogP) is 3.57. The molecular formula is C18H22Cl2N2O3S. The number of hydrogen-bond donors (Lipinski definition) is 0. The first kappa shape index (κ1) is 19.7. The minimum Gasteiger partial charge on any atom is -0.342 e. The molecule has 2 aliphatic rings. The molecule has 1 aromatic rings. The van der Waals surface area contributed by atoms with Gasteiger partial charge < -0.3 is 4.90 Å². The van der Waals surface area contributed by atoms with E-state index in [1.165, 1.54) is 22.0 Å². The molecule has 0 atom stereocenters. The SMILES string of the molecule is C=C1CCN(C(=O)C2CCN(S(=O)(=O)c3c(Cl)cccc3Cl)CC2)CC1. The molecule has 26 heavy (non-hydrogen) atoms. The summed E-state index contributed by atoms with van der Waals surface area (Å²) in [6, 6.07) is 4.64. The number of nitrogens with zero attached hydrogens (tertiary/aromatic N) is 2. The lowest BCUT2D eigenvalue weighted by molar-refractivity contribution is -0.137. The minimum atomic E-state index is -3.77. The van der Waals surface area contributed by atoms with E-state index in [4.69, 9.17) is 23.2 Å². The van der Waals surface area contributed by atoms with Crippen LogP contribution in [-0.4, -0.2) is 49.7 Å². The maximum Gasteiger partial charge on any atom is 0.246 e. The first-order valence-electron chi connectivity index (χ1n) is 8.70. The Kier molecular flexibility index (Phi) is 5.97. The lowest BCUT2D eigenvalue weighted by atomic mass is 9.95. The molecule has 0 spiro atoms. The van der Waals surface area contributed by atoms with E-state index >= 15 is 0 Å². The third-order valence-corrected chi connectivity index (χ3v) is 7.96. The molecule has 0 bridgehead atoms. The molecule has 1 aromatic carbocycles. The second-order valence-electron chi connectivity index (χ2n) is 6.80. The lowest BCUT2D eigenvalue weighted by Gasteiger charge is -2.35. The predicted molar refractivity (Wildman–Crippen MR) is 103 cm³/mol. The van der Waals surface area contributed by atoms with Crippen LogP contribution in [0.15, 0.2) is 35.2 Å². The summed E-state index contributed by atoms with van der Waals surface area (Å²) < 4.78 is 27.2. The van der Waals surface area contributed by atoms with Crippen molar-refractivity contribution in [3.63, 3.8) is 0 Å². The molecule has 5 nitrogen and oxygen atoms in total. The Balaban J connectivity index is 1.66. The van der Waals surface area contributed by atoms with Gasteiger partial charge in [0, 0.05) is 32.1 Å². The van der Waals surface area contributed by atoms with E-state index in [2.05, 4.69) is 6.58 Å². The van der Waals surface area contributed by atoms with Crippen LogP contribution in [0, 0.1) is 5.92 Å². The maximum atomic E-state index is 12.9. The number of carbonyl (C=O) groups excluding carboxylic acids is 1. The van der Waals surface area contributed by atoms with Crippen LogP contribution in [0.3, 0.4) is 0 Å². The molecule has 0 aromatic heterocycles. The number of benzene rings is 1. The number of carbonyl (C=O) groups is 1. The molecule has 0 saturated carbocycles. The summed E-state index contributed by atoms with van der Waals surface area (Å²) in [5.74, 6) is -0.000133. The van der Waals surface area contributed by atoms with Crippen LogP contribution < -0.4 is 0 Å². The van der Waals surface area contributed by atoms with Crippen molar-refractivity contribution in [3.05, 3.63) is 40.4 Å². The molecule has 0 N–H and O–H groups in total. The molecule has 0 radical (unpaired) electrons. The lowest BCUT2D eigenvalue weighted by Crippen LogP contribution is -2.45. The number of rotatable bonds is 3. The van der Waals surface area contributed by atoms with Crippen molar-refractivity contribution in [1.82, 2.24) is 9.21 Å². The number of likely N-dealkylation sites (tertiary alicyclic amines) is 1. The fourth-order valence-corrected chi connectivity index (χ4v) is 6.06. The minimum absolute atomic E-state index is 0.0531. The van der Waals surface area contributed by atoms with Gasteiger partial charge in [-0.3, -0.25) is 4.79 Å². The number of amides is 1. The number of hydrogen-bond acceptors (Lipinski definition) is 3. The van der Waals surface area contributed by atoms with Gasteiger partial charge in [-0.25, -0.2) is 8.42 Å². The molecular weight excluding hydrogens is 395 g/mol. The summed E-state index contributed by atoms with van der Waals surface area (Å²) in [6.45, 7) is 5.98. The largest absolute Gasteiger partial charge is 0.342 e. The zero-order chi connectivity index (χ0) is 18.9. The van der Waals surface area contributed by atoms with E-state index in [0.717, 1.165) is 12.8 Å². The normalized spacial score (nSPS) is 20.4. The Morgan fingerprint density at radius 2 is 1.58 bits per heavy atom. The van der Waals surface area contributed by atoms with Crippen molar-refractivity contribution in [1.29, 1.82) is 0 Å². The monoisotopic (exact) mass is 416 g/mol. The van der Waals surface area contributed by atoms with Crippen LogP contribution in [0.4, 0.5) is 0 Å². The topological polar surface area (TPSA) is 57.7 Å². The summed E-state index contributed by atoms with van der Waals surface area (Å²) in [5, 5.41) is 0.230. The molecule has 2 fully saturated rings. The summed E-state index contributed by atoms with van der Waals surface area (Å²) in [5.41, 5.74) is 1.19. The van der Waals surface area contributed by atoms with E-state index < -0.39 is 10.0 Å². The number of piperidine rings is 2. The van der Waals surface area contributed by atoms with Crippen molar-refractivity contribution in [2.24, 2.45) is 5.92 Å². The highest BCUT2D eigenvalue weighted by Crippen LogP contribution is 2.33. The van der Waals surface area contributed by atoms with Crippen LogP contribution in [-0.2, 0) is 14.8 Å². The average molecular weight is 417 g/mol. The number of sulfonamides is 1. The Morgan fingerprint density at radius 1 is 1.04 bits per heavy atom. The molecule has 0 unspecified atom stereocenters. The third kappa shape index (κ3) is 3.93. The second kappa shape index (κ2) is 7.89. The van der Waals surface area contributed by atoms with Crippen LogP contribution in [0.2, 0.25) is 10.0 Å². The summed E-state index contributed by atoms with van der Waals surface area (Å²) in [6.07, 6.45) is 2.73. The molecule has 2 aliphatic heterocycles. The van der Waals surface area contributed by atoms with Crippen molar-refractivity contribution in [2.75, 3.05) is 26.2 Å². The standard InChI is InChI=1S/C18H22Cl2N2O3S/c1-13-5-9-21(10-6-13)18(23)14-7-11-22(12-8-14)26(24,25)17-15(19)3-2-4-16(17)20/h2-4,14H,1,5-12H2. The van der Waals surface area contributed by atoms with E-state index in [1.807, 2.05) is 4.90 Å². The van der Waals surface area contributed by atoms with Crippen molar-refractivity contribution in [2.45, 2.75) is 30.6 Å².